The van der Waals surface area contributed by atoms with Crippen molar-refractivity contribution in [2.45, 2.75) is 81.2 Å². The molecule has 0 aliphatic heterocycles. The summed E-state index contributed by atoms with van der Waals surface area (Å²) >= 11 is 0.297. The minimum absolute atomic E-state index is 0.297. The van der Waals surface area contributed by atoms with Crippen LogP contribution in [-0.2, 0) is 0 Å². The Morgan fingerprint density at radius 1 is 0.867 bits per heavy atom. The first-order valence-electron chi connectivity index (χ1n) is 7.35. The van der Waals surface area contributed by atoms with Crippen LogP contribution >= 0.6 is 0 Å². The molecule has 0 fully saturated rings. The molecule has 0 amide bonds. The highest BCUT2D eigenvalue weighted by molar-refractivity contribution is 6.35. The molecule has 88 valence electrons. The third kappa shape index (κ3) is 11.0. The molecule has 15 heavy (non-hydrogen) atoms. The molecular weight excluding hydrogens is 192 g/mol. The smallest absolute Gasteiger partial charge is 0.146 e. The van der Waals surface area contributed by atoms with Gasteiger partial charge in [0.05, 0.1) is 0 Å². The Morgan fingerprint density at radius 2 is 1.60 bits per heavy atom. The van der Waals surface area contributed by atoms with Crippen LogP contribution in [0.2, 0.25) is 9.10 Å². The molecular formula is C14H30Mg. The standard InChI is InChI=1S/C8H17.C6H13.Mg/c1-4-6-7-8(3)5-2;1-3-5-6-4-2;/h8H,3-7H2,1-2H3;1,3-6H2,2H3;. The van der Waals surface area contributed by atoms with E-state index in [4.69, 9.17) is 0 Å². The zero-order chi connectivity index (χ0) is 11.4. The fourth-order valence-corrected chi connectivity index (χ4v) is 4.53. The average Bonchev–Trinajstić information content (AvgIpc) is 2.27. The molecule has 1 heteroatoms. The zero-order valence-electron chi connectivity index (χ0n) is 11.4. The molecule has 0 aromatic heterocycles. The van der Waals surface area contributed by atoms with E-state index in [1.54, 1.807) is 9.10 Å². The van der Waals surface area contributed by atoms with Gasteiger partial charge in [-0.05, 0) is 0 Å². The summed E-state index contributed by atoms with van der Waals surface area (Å²) < 4.78 is 3.24. The van der Waals surface area contributed by atoms with Crippen molar-refractivity contribution < 1.29 is 0 Å². The van der Waals surface area contributed by atoms with Crippen LogP contribution in [0.5, 0.6) is 0 Å². The third-order valence-electron chi connectivity index (χ3n) is 3.51. The van der Waals surface area contributed by atoms with Crippen LogP contribution in [0.4, 0.5) is 0 Å². The fraction of sp³-hybridized carbons (Fsp3) is 1.00. The van der Waals surface area contributed by atoms with Crippen molar-refractivity contribution >= 4 is 20.4 Å². The first-order valence-corrected chi connectivity index (χ1v) is 9.35. The molecule has 1 atom stereocenters. The van der Waals surface area contributed by atoms with Gasteiger partial charge >= 0.3 is 20.4 Å². The Morgan fingerprint density at radius 3 is 2.20 bits per heavy atom. The van der Waals surface area contributed by atoms with Crippen LogP contribution in [-0.4, -0.2) is 20.4 Å². The highest BCUT2D eigenvalue weighted by Gasteiger charge is 2.06. The lowest BCUT2D eigenvalue weighted by Gasteiger charge is -2.13. The molecule has 0 N–H and O–H groups in total. The highest BCUT2D eigenvalue weighted by atomic mass is 24.5. The molecule has 1 unspecified atom stereocenters. The van der Waals surface area contributed by atoms with Gasteiger partial charge in [0.15, 0.2) is 0 Å². The lowest BCUT2D eigenvalue weighted by atomic mass is 10.0. The maximum absolute atomic E-state index is 2.38. The normalized spacial score (nSPS) is 12.5. The van der Waals surface area contributed by atoms with E-state index >= 15 is 0 Å². The summed E-state index contributed by atoms with van der Waals surface area (Å²) in [6.45, 7) is 7.00. The van der Waals surface area contributed by atoms with Gasteiger partial charge in [-0.3, -0.25) is 0 Å². The van der Waals surface area contributed by atoms with Gasteiger partial charge in [0.2, 0.25) is 0 Å². The van der Waals surface area contributed by atoms with Gasteiger partial charge in [0.25, 0.3) is 0 Å². The van der Waals surface area contributed by atoms with Crippen molar-refractivity contribution in [3.8, 4) is 0 Å². The fourth-order valence-electron chi connectivity index (χ4n) is 2.26. The molecule has 0 heterocycles. The summed E-state index contributed by atoms with van der Waals surface area (Å²) in [4.78, 5) is 0. The van der Waals surface area contributed by atoms with Gasteiger partial charge < -0.3 is 0 Å². The topological polar surface area (TPSA) is 0 Å². The van der Waals surface area contributed by atoms with Crippen molar-refractivity contribution in [3.63, 3.8) is 0 Å². The zero-order valence-corrected chi connectivity index (χ0v) is 12.8. The second-order valence-corrected chi connectivity index (χ2v) is 6.96. The molecule has 0 saturated heterocycles. The van der Waals surface area contributed by atoms with Gasteiger partial charge in [-0.2, -0.15) is 0 Å². The van der Waals surface area contributed by atoms with E-state index in [0.29, 0.717) is 20.4 Å². The van der Waals surface area contributed by atoms with E-state index < -0.39 is 0 Å². The molecule has 0 bridgehead atoms. The predicted octanol–water partition coefficient (Wildman–Crippen LogP) is 5.32. The van der Waals surface area contributed by atoms with Gasteiger partial charge in [0, 0.05) is 0 Å². The molecule has 0 aliphatic carbocycles. The Kier molecular flexibility index (Phi) is 13.5. The average molecular weight is 223 g/mol. The van der Waals surface area contributed by atoms with Gasteiger partial charge in [-0.1, -0.05) is 78.1 Å². The summed E-state index contributed by atoms with van der Waals surface area (Å²) in [5, 5.41) is 0. The van der Waals surface area contributed by atoms with Crippen LogP contribution in [0, 0.1) is 5.92 Å². The Labute approximate surface area is 107 Å². The van der Waals surface area contributed by atoms with E-state index in [2.05, 4.69) is 20.8 Å². The number of rotatable bonds is 11. The third-order valence-corrected chi connectivity index (χ3v) is 5.73. The number of hydrogen-bond donors (Lipinski definition) is 0. The lowest BCUT2D eigenvalue weighted by molar-refractivity contribution is 0.489. The second kappa shape index (κ2) is 12.8. The van der Waals surface area contributed by atoms with E-state index in [1.165, 1.54) is 51.4 Å². The first kappa shape index (κ1) is 15.8. The Bertz CT molecular complexity index is 112. The Balaban J connectivity index is 3.22. The van der Waals surface area contributed by atoms with Crippen LogP contribution < -0.4 is 0 Å². The van der Waals surface area contributed by atoms with Crippen molar-refractivity contribution in [2.24, 2.45) is 5.92 Å². The quantitative estimate of drug-likeness (QED) is 0.328. The molecule has 0 aromatic rings. The van der Waals surface area contributed by atoms with E-state index in [1.807, 2.05) is 0 Å². The van der Waals surface area contributed by atoms with Crippen molar-refractivity contribution in [1.29, 1.82) is 0 Å². The SMILES string of the molecule is CCCCC[CH2][Mg][CH2]C(CC)CCCC. The summed E-state index contributed by atoms with van der Waals surface area (Å²) in [7, 11) is 0. The minimum Gasteiger partial charge on any atom is -0.146 e. The Hall–Kier alpha value is 0.766. The van der Waals surface area contributed by atoms with E-state index in [-0.39, 0.29) is 0 Å². The minimum atomic E-state index is 0.297. The summed E-state index contributed by atoms with van der Waals surface area (Å²) in [5.41, 5.74) is 0. The lowest BCUT2D eigenvalue weighted by Crippen LogP contribution is -2.03. The van der Waals surface area contributed by atoms with Crippen molar-refractivity contribution in [1.82, 2.24) is 0 Å². The predicted molar refractivity (Wildman–Crippen MR) is 72.8 cm³/mol. The highest BCUT2D eigenvalue weighted by Crippen LogP contribution is 2.17. The largest absolute Gasteiger partial charge is 0.364 e. The van der Waals surface area contributed by atoms with E-state index in [9.17, 15) is 0 Å². The second-order valence-electron chi connectivity index (χ2n) is 4.97. The first-order chi connectivity index (χ1) is 7.35. The van der Waals surface area contributed by atoms with Gasteiger partial charge in [-0.25, -0.2) is 0 Å². The number of unbranched alkanes of at least 4 members (excludes halogenated alkanes) is 4. The molecule has 0 aliphatic rings. The molecule has 0 aromatic carbocycles. The summed E-state index contributed by atoms with van der Waals surface area (Å²) in [5.74, 6) is 1.09. The summed E-state index contributed by atoms with van der Waals surface area (Å²) in [6.07, 6.45) is 11.7. The molecule has 0 spiro atoms. The van der Waals surface area contributed by atoms with E-state index in [0.717, 1.165) is 5.92 Å². The van der Waals surface area contributed by atoms with Gasteiger partial charge in [0.1, 0.15) is 0 Å². The van der Waals surface area contributed by atoms with Crippen LogP contribution in [0.15, 0.2) is 0 Å². The number of hydrogen-bond acceptors (Lipinski definition) is 0. The molecule has 0 radical (unpaired) electrons. The van der Waals surface area contributed by atoms with Crippen molar-refractivity contribution in [3.05, 3.63) is 0 Å². The monoisotopic (exact) mass is 222 g/mol. The maximum atomic E-state index is 2.38. The van der Waals surface area contributed by atoms with Crippen molar-refractivity contribution in [2.75, 3.05) is 0 Å². The maximum Gasteiger partial charge on any atom is 0.364 e. The summed E-state index contributed by atoms with van der Waals surface area (Å²) in [6, 6.07) is 0. The van der Waals surface area contributed by atoms with Crippen LogP contribution in [0.25, 0.3) is 0 Å². The molecule has 0 rings (SSSR count). The van der Waals surface area contributed by atoms with Crippen LogP contribution in [0.3, 0.4) is 0 Å². The van der Waals surface area contributed by atoms with Crippen LogP contribution in [0.1, 0.15) is 72.1 Å². The molecule has 0 saturated carbocycles. The molecule has 0 nitrogen and oxygen atoms in total. The van der Waals surface area contributed by atoms with Gasteiger partial charge in [-0.15, -0.1) is 9.10 Å².